The fraction of sp³-hybridized carbons (Fsp3) is 0.909. The standard InChI is InChI=1S/C9H16O6.C8H12O5.C5H10O5/c1-9(2)14-7-5(12)6(4(11)3-10)13-8(7)15-9;1-8(2)12-6-5(10)4(3-9)11-7(6)13-8;1-10-5(9)4(8)3(7)2-6/h4-8,10-12H,3H2,1-2H3;3-7,10H,1-2H3;2-5,7-9H,1H3/t4-,5+,6?,7-,8-;4?,5-,6+,7+;/m10./s1. The van der Waals surface area contributed by atoms with Gasteiger partial charge in [0.2, 0.25) is 0 Å². The van der Waals surface area contributed by atoms with Crippen molar-refractivity contribution in [3.8, 4) is 0 Å². The molecule has 16 nitrogen and oxygen atoms in total. The van der Waals surface area contributed by atoms with Crippen molar-refractivity contribution < 1.29 is 78.5 Å². The van der Waals surface area contributed by atoms with Gasteiger partial charge in [-0.25, -0.2) is 0 Å². The molecule has 4 fully saturated rings. The van der Waals surface area contributed by atoms with E-state index in [1.54, 1.807) is 27.7 Å². The van der Waals surface area contributed by atoms with Crippen LogP contribution < -0.4 is 0 Å². The molecular weight excluding hydrogens is 520 g/mol. The van der Waals surface area contributed by atoms with E-state index < -0.39 is 92.0 Å². The molecule has 0 bridgehead atoms. The SMILES string of the molecule is CC1(C)O[C@H]2OC(C=O)[C@H](O)[C@H]2O1.CC1(C)O[C@H]2OC([C@H](O)CO)[C@H](O)[C@H]2O1.COC(O)C(O)C(O)C=O. The third-order valence-electron chi connectivity index (χ3n) is 5.83. The maximum atomic E-state index is 10.4. The Morgan fingerprint density at radius 1 is 0.842 bits per heavy atom. The lowest BCUT2D eigenvalue weighted by molar-refractivity contribution is -0.227. The number of hydrogen-bond donors (Lipinski definition) is 7. The zero-order valence-electron chi connectivity index (χ0n) is 21.6. The molecule has 0 aliphatic carbocycles. The molecule has 4 heterocycles. The minimum Gasteiger partial charge on any atom is -0.394 e. The second-order valence-electron chi connectivity index (χ2n) is 9.75. The van der Waals surface area contributed by atoms with Crippen LogP contribution in [0.15, 0.2) is 0 Å². The Morgan fingerprint density at radius 2 is 1.34 bits per heavy atom. The van der Waals surface area contributed by atoms with Crippen LogP contribution in [0.3, 0.4) is 0 Å². The lowest BCUT2D eigenvalue weighted by Gasteiger charge is -2.24. The fourth-order valence-corrected chi connectivity index (χ4v) is 3.96. The number of fused-ring (bicyclic) bond motifs is 2. The van der Waals surface area contributed by atoms with Gasteiger partial charge in [0.1, 0.15) is 54.9 Å². The van der Waals surface area contributed by atoms with Crippen molar-refractivity contribution in [1.82, 2.24) is 0 Å². The van der Waals surface area contributed by atoms with Gasteiger partial charge in [-0.1, -0.05) is 0 Å². The zero-order valence-corrected chi connectivity index (χ0v) is 21.6. The number of aldehydes is 2. The molecule has 7 N–H and O–H groups in total. The maximum absolute atomic E-state index is 10.4. The van der Waals surface area contributed by atoms with Crippen molar-refractivity contribution in [2.75, 3.05) is 13.7 Å². The molecule has 0 aromatic rings. The number of carbonyl (C=O) groups is 2. The van der Waals surface area contributed by atoms with E-state index in [4.69, 9.17) is 48.8 Å². The lowest BCUT2D eigenvalue weighted by atomic mass is 10.1. The molecule has 0 spiro atoms. The molecule has 38 heavy (non-hydrogen) atoms. The van der Waals surface area contributed by atoms with Gasteiger partial charge in [-0.15, -0.1) is 0 Å². The molecule has 12 atom stereocenters. The van der Waals surface area contributed by atoms with Crippen molar-refractivity contribution in [2.45, 2.75) is 113 Å². The van der Waals surface area contributed by atoms with Crippen molar-refractivity contribution in [3.05, 3.63) is 0 Å². The molecule has 0 aromatic heterocycles. The maximum Gasteiger partial charge on any atom is 0.190 e. The molecule has 4 aliphatic rings. The Kier molecular flexibility index (Phi) is 11.7. The van der Waals surface area contributed by atoms with Gasteiger partial charge in [-0.05, 0) is 27.7 Å². The van der Waals surface area contributed by atoms with E-state index >= 15 is 0 Å². The summed E-state index contributed by atoms with van der Waals surface area (Å²) in [5.74, 6) is -1.53. The van der Waals surface area contributed by atoms with Crippen molar-refractivity contribution >= 4 is 12.6 Å². The topological polar surface area (TPSA) is 240 Å². The average Bonchev–Trinajstić information content (AvgIpc) is 3.54. The monoisotopic (exact) mass is 558 g/mol. The van der Waals surface area contributed by atoms with Crippen LogP contribution in [0.2, 0.25) is 0 Å². The molecule has 0 aromatic carbocycles. The summed E-state index contributed by atoms with van der Waals surface area (Å²) in [7, 11) is 1.14. The van der Waals surface area contributed by atoms with Crippen molar-refractivity contribution in [2.24, 2.45) is 0 Å². The summed E-state index contributed by atoms with van der Waals surface area (Å²) in [4.78, 5) is 20.2. The predicted molar refractivity (Wildman–Crippen MR) is 120 cm³/mol. The van der Waals surface area contributed by atoms with Gasteiger partial charge in [-0.3, -0.25) is 0 Å². The van der Waals surface area contributed by atoms with Crippen LogP contribution in [0.1, 0.15) is 27.7 Å². The van der Waals surface area contributed by atoms with E-state index in [9.17, 15) is 24.9 Å². The highest BCUT2D eigenvalue weighted by atomic mass is 16.8. The van der Waals surface area contributed by atoms with Crippen LogP contribution >= 0.6 is 0 Å². The Morgan fingerprint density at radius 3 is 1.74 bits per heavy atom. The first-order valence-corrected chi connectivity index (χ1v) is 11.8. The van der Waals surface area contributed by atoms with Gasteiger partial charge >= 0.3 is 0 Å². The van der Waals surface area contributed by atoms with Crippen LogP contribution in [0, 0.1) is 0 Å². The predicted octanol–water partition coefficient (Wildman–Crippen LogP) is -4.13. The highest BCUT2D eigenvalue weighted by Gasteiger charge is 2.56. The molecule has 16 heteroatoms. The van der Waals surface area contributed by atoms with E-state index in [1.165, 1.54) is 0 Å². The first kappa shape index (κ1) is 33.0. The Hall–Kier alpha value is -1.22. The van der Waals surface area contributed by atoms with Gasteiger partial charge in [0.25, 0.3) is 0 Å². The Balaban J connectivity index is 0.000000205. The van der Waals surface area contributed by atoms with E-state index in [1.807, 2.05) is 0 Å². The quantitative estimate of drug-likeness (QED) is 0.116. The lowest BCUT2D eigenvalue weighted by Crippen LogP contribution is -2.42. The van der Waals surface area contributed by atoms with Gasteiger partial charge < -0.3 is 78.5 Å². The van der Waals surface area contributed by atoms with Crippen LogP contribution in [0.5, 0.6) is 0 Å². The summed E-state index contributed by atoms with van der Waals surface area (Å²) in [6.07, 6.45) is -11.2. The highest BCUT2D eigenvalue weighted by molar-refractivity contribution is 5.58. The molecule has 0 amide bonds. The molecule has 4 rings (SSSR count). The van der Waals surface area contributed by atoms with E-state index in [0.29, 0.717) is 6.29 Å². The molecule has 222 valence electrons. The molecule has 0 saturated carbocycles. The smallest absolute Gasteiger partial charge is 0.190 e. The normalized spacial score (nSPS) is 39.4. The van der Waals surface area contributed by atoms with E-state index in [0.717, 1.165) is 7.11 Å². The Labute approximate surface area is 218 Å². The number of aliphatic hydroxyl groups is 7. The first-order chi connectivity index (χ1) is 17.6. The van der Waals surface area contributed by atoms with Gasteiger partial charge in [-0.2, -0.15) is 0 Å². The number of ether oxygens (including phenoxy) is 7. The number of hydrogen-bond acceptors (Lipinski definition) is 16. The minimum atomic E-state index is -1.60. The second-order valence-corrected chi connectivity index (χ2v) is 9.75. The summed E-state index contributed by atoms with van der Waals surface area (Å²) in [5, 5.41) is 63.4. The Bertz CT molecular complexity index is 764. The molecule has 4 saturated heterocycles. The van der Waals surface area contributed by atoms with Crippen LogP contribution in [0.4, 0.5) is 0 Å². The number of methoxy groups -OCH3 is 1. The van der Waals surface area contributed by atoms with E-state index in [-0.39, 0.29) is 6.29 Å². The summed E-state index contributed by atoms with van der Waals surface area (Å²) in [6.45, 7) is 6.44. The minimum absolute atomic E-state index is 0.118. The first-order valence-electron chi connectivity index (χ1n) is 11.8. The molecule has 5 unspecified atom stereocenters. The number of aliphatic hydroxyl groups excluding tert-OH is 7. The summed E-state index contributed by atoms with van der Waals surface area (Å²) >= 11 is 0. The molecule has 4 aliphatic heterocycles. The van der Waals surface area contributed by atoms with E-state index in [2.05, 4.69) is 4.74 Å². The third-order valence-corrected chi connectivity index (χ3v) is 5.83. The zero-order chi connectivity index (χ0) is 29.0. The summed E-state index contributed by atoms with van der Waals surface area (Å²) < 4.78 is 36.1. The van der Waals surface area contributed by atoms with Gasteiger partial charge in [0.05, 0.1) is 6.61 Å². The largest absolute Gasteiger partial charge is 0.394 e. The average molecular weight is 559 g/mol. The summed E-state index contributed by atoms with van der Waals surface area (Å²) in [5.41, 5.74) is 0. The number of rotatable bonds is 7. The highest BCUT2D eigenvalue weighted by Crippen LogP contribution is 2.38. The van der Waals surface area contributed by atoms with Crippen molar-refractivity contribution in [1.29, 1.82) is 0 Å². The molecule has 0 radical (unpaired) electrons. The van der Waals surface area contributed by atoms with Crippen LogP contribution in [-0.2, 0) is 42.7 Å². The van der Waals surface area contributed by atoms with Gasteiger partial charge in [0, 0.05) is 7.11 Å². The van der Waals surface area contributed by atoms with Crippen LogP contribution in [-0.4, -0.2) is 147 Å². The summed E-state index contributed by atoms with van der Waals surface area (Å²) in [6, 6.07) is 0. The second kappa shape index (κ2) is 13.4. The van der Waals surface area contributed by atoms with Gasteiger partial charge in [0.15, 0.2) is 43.0 Å². The van der Waals surface area contributed by atoms with Crippen molar-refractivity contribution in [3.63, 3.8) is 0 Å². The molecular formula is C22H38O16. The fourth-order valence-electron chi connectivity index (χ4n) is 3.96. The number of carbonyl (C=O) groups excluding carboxylic acids is 2. The third kappa shape index (κ3) is 7.92. The van der Waals surface area contributed by atoms with Crippen LogP contribution in [0.25, 0.3) is 0 Å².